The van der Waals surface area contributed by atoms with Crippen LogP contribution in [-0.4, -0.2) is 5.78 Å². The quantitative estimate of drug-likeness (QED) is 0.713. The molecule has 0 saturated carbocycles. The summed E-state index contributed by atoms with van der Waals surface area (Å²) in [5, 5.41) is 0.309. The smallest absolute Gasteiger partial charge is 0.137 e. The van der Waals surface area contributed by atoms with Gasteiger partial charge in [0.2, 0.25) is 0 Å². The Morgan fingerprint density at radius 1 is 1.44 bits per heavy atom. The van der Waals surface area contributed by atoms with Crippen molar-refractivity contribution in [3.05, 3.63) is 46.8 Å². The van der Waals surface area contributed by atoms with Gasteiger partial charge in [0, 0.05) is 17.9 Å². The number of Topliss-reactive ketones (excluding diaryl/α,β-unsaturated/α-hetero) is 1. The molecule has 0 atom stereocenters. The summed E-state index contributed by atoms with van der Waals surface area (Å²) in [4.78, 5) is 11.6. The molecule has 1 aromatic carbocycles. The van der Waals surface area contributed by atoms with E-state index in [2.05, 4.69) is 6.58 Å². The molecule has 0 amide bonds. The fourth-order valence-electron chi connectivity index (χ4n) is 1.32. The molecule has 0 spiro atoms. The van der Waals surface area contributed by atoms with Crippen LogP contribution in [0, 0.1) is 5.82 Å². The van der Waals surface area contributed by atoms with Gasteiger partial charge in [-0.3, -0.25) is 4.79 Å². The number of carbonyl (C=O) groups excluding carboxylic acids is 1. The van der Waals surface area contributed by atoms with E-state index in [9.17, 15) is 9.18 Å². The topological polar surface area (TPSA) is 17.1 Å². The molecule has 1 nitrogen and oxygen atoms in total. The lowest BCUT2D eigenvalue weighted by atomic mass is 10.0. The van der Waals surface area contributed by atoms with Gasteiger partial charge in [-0.25, -0.2) is 4.39 Å². The molecule has 0 fully saturated rings. The molecule has 3 heteroatoms. The second kappa shape index (κ2) is 5.80. The Balaban J connectivity index is 2.59. The van der Waals surface area contributed by atoms with Crippen molar-refractivity contribution in [3.8, 4) is 0 Å². The summed E-state index contributed by atoms with van der Waals surface area (Å²) >= 11 is 5.83. The lowest BCUT2D eigenvalue weighted by molar-refractivity contribution is -0.118. The van der Waals surface area contributed by atoms with Crippen LogP contribution in [0.15, 0.2) is 30.4 Å². The third-order valence-electron chi connectivity index (χ3n) is 2.23. The fraction of sp³-hybridized carbons (Fsp3) is 0.308. The zero-order valence-corrected chi connectivity index (χ0v) is 9.98. The molecular formula is C13H14ClFO. The molecule has 0 aromatic heterocycles. The molecule has 0 N–H and O–H groups in total. The Bertz CT molecular complexity index is 412. The molecule has 1 aromatic rings. The Kier molecular flexibility index (Phi) is 4.69. The summed E-state index contributed by atoms with van der Waals surface area (Å²) in [6.07, 6.45) is 1.41. The van der Waals surface area contributed by atoms with Crippen molar-refractivity contribution >= 4 is 17.4 Å². The zero-order valence-electron chi connectivity index (χ0n) is 9.22. The number of hydrogen-bond donors (Lipinski definition) is 0. The van der Waals surface area contributed by atoms with Gasteiger partial charge in [0.25, 0.3) is 0 Å². The van der Waals surface area contributed by atoms with Crippen molar-refractivity contribution in [1.29, 1.82) is 0 Å². The van der Waals surface area contributed by atoms with Crippen molar-refractivity contribution in [3.63, 3.8) is 0 Å². The van der Waals surface area contributed by atoms with Crippen LogP contribution >= 0.6 is 11.6 Å². The number of halogens is 2. The van der Waals surface area contributed by atoms with E-state index in [1.165, 1.54) is 12.1 Å². The second-order valence-electron chi connectivity index (χ2n) is 3.91. The first-order valence-electron chi connectivity index (χ1n) is 5.09. The van der Waals surface area contributed by atoms with Crippen LogP contribution in [0.1, 0.15) is 25.3 Å². The van der Waals surface area contributed by atoms with E-state index in [-0.39, 0.29) is 18.0 Å². The summed E-state index contributed by atoms with van der Waals surface area (Å²) < 4.78 is 12.8. The van der Waals surface area contributed by atoms with E-state index < -0.39 is 0 Å². The normalized spacial score (nSPS) is 10.2. The average Bonchev–Trinajstić information content (AvgIpc) is 2.19. The largest absolute Gasteiger partial charge is 0.299 e. The standard InChI is InChI=1S/C13H14ClFO/c1-9(2)3-6-12(16)7-10-4-5-11(15)8-13(10)14/h4-5,8H,1,3,6-7H2,2H3. The third-order valence-corrected chi connectivity index (χ3v) is 2.59. The van der Waals surface area contributed by atoms with Crippen LogP contribution in [0.3, 0.4) is 0 Å². The van der Waals surface area contributed by atoms with Gasteiger partial charge in [-0.05, 0) is 31.0 Å². The number of allylic oxidation sites excluding steroid dienone is 1. The minimum Gasteiger partial charge on any atom is -0.299 e. The summed E-state index contributed by atoms with van der Waals surface area (Å²) in [6, 6.07) is 4.09. The van der Waals surface area contributed by atoms with E-state index in [1.54, 1.807) is 6.07 Å². The van der Waals surface area contributed by atoms with Crippen molar-refractivity contribution in [1.82, 2.24) is 0 Å². The van der Waals surface area contributed by atoms with Gasteiger partial charge >= 0.3 is 0 Å². The van der Waals surface area contributed by atoms with Gasteiger partial charge in [-0.15, -0.1) is 6.58 Å². The van der Waals surface area contributed by atoms with E-state index in [1.807, 2.05) is 6.92 Å². The Labute approximate surface area is 99.9 Å². The molecule has 0 unspecified atom stereocenters. The number of ketones is 1. The first kappa shape index (κ1) is 12.9. The highest BCUT2D eigenvalue weighted by Crippen LogP contribution is 2.18. The average molecular weight is 241 g/mol. The molecular weight excluding hydrogens is 227 g/mol. The van der Waals surface area contributed by atoms with Crippen LogP contribution in [0.2, 0.25) is 5.02 Å². The van der Waals surface area contributed by atoms with Crippen LogP contribution < -0.4 is 0 Å². The summed E-state index contributed by atoms with van der Waals surface area (Å²) in [5.41, 5.74) is 1.66. The molecule has 0 saturated heterocycles. The van der Waals surface area contributed by atoms with Crippen molar-refractivity contribution in [2.24, 2.45) is 0 Å². The number of carbonyl (C=O) groups is 1. The fourth-order valence-corrected chi connectivity index (χ4v) is 1.55. The SMILES string of the molecule is C=C(C)CCC(=O)Cc1ccc(F)cc1Cl. The van der Waals surface area contributed by atoms with Crippen LogP contribution in [-0.2, 0) is 11.2 Å². The van der Waals surface area contributed by atoms with Crippen molar-refractivity contribution < 1.29 is 9.18 Å². The van der Waals surface area contributed by atoms with E-state index in [0.29, 0.717) is 23.4 Å². The maximum absolute atomic E-state index is 12.8. The van der Waals surface area contributed by atoms with Crippen LogP contribution in [0.25, 0.3) is 0 Å². The molecule has 86 valence electrons. The molecule has 0 aliphatic rings. The zero-order chi connectivity index (χ0) is 12.1. The molecule has 0 heterocycles. The van der Waals surface area contributed by atoms with E-state index in [4.69, 9.17) is 11.6 Å². The van der Waals surface area contributed by atoms with Crippen molar-refractivity contribution in [2.45, 2.75) is 26.2 Å². The number of benzene rings is 1. The Morgan fingerprint density at radius 2 is 2.12 bits per heavy atom. The Hall–Kier alpha value is -1.15. The maximum atomic E-state index is 12.8. The molecule has 0 aliphatic carbocycles. The van der Waals surface area contributed by atoms with E-state index in [0.717, 1.165) is 5.57 Å². The minimum atomic E-state index is -0.386. The number of rotatable bonds is 5. The first-order valence-corrected chi connectivity index (χ1v) is 5.47. The first-order chi connectivity index (χ1) is 7.49. The van der Waals surface area contributed by atoms with Gasteiger partial charge in [-0.2, -0.15) is 0 Å². The Morgan fingerprint density at radius 3 is 2.69 bits per heavy atom. The second-order valence-corrected chi connectivity index (χ2v) is 4.32. The van der Waals surface area contributed by atoms with Gasteiger partial charge < -0.3 is 0 Å². The lowest BCUT2D eigenvalue weighted by Crippen LogP contribution is -2.03. The highest BCUT2D eigenvalue weighted by molar-refractivity contribution is 6.31. The molecule has 0 bridgehead atoms. The highest BCUT2D eigenvalue weighted by Gasteiger charge is 2.07. The van der Waals surface area contributed by atoms with Gasteiger partial charge in [0.15, 0.2) is 0 Å². The predicted molar refractivity (Wildman–Crippen MR) is 64.2 cm³/mol. The highest BCUT2D eigenvalue weighted by atomic mass is 35.5. The summed E-state index contributed by atoms with van der Waals surface area (Å²) in [7, 11) is 0. The van der Waals surface area contributed by atoms with Gasteiger partial charge in [0.1, 0.15) is 11.6 Å². The van der Waals surface area contributed by atoms with Crippen LogP contribution in [0.4, 0.5) is 4.39 Å². The molecule has 1 rings (SSSR count). The lowest BCUT2D eigenvalue weighted by Gasteiger charge is -2.04. The monoisotopic (exact) mass is 240 g/mol. The molecule has 0 aliphatic heterocycles. The van der Waals surface area contributed by atoms with Crippen LogP contribution in [0.5, 0.6) is 0 Å². The molecule has 0 radical (unpaired) electrons. The molecule has 16 heavy (non-hydrogen) atoms. The number of hydrogen-bond acceptors (Lipinski definition) is 1. The summed E-state index contributed by atoms with van der Waals surface area (Å²) in [6.45, 7) is 5.62. The minimum absolute atomic E-state index is 0.0940. The van der Waals surface area contributed by atoms with Gasteiger partial charge in [0.05, 0.1) is 0 Å². The van der Waals surface area contributed by atoms with E-state index >= 15 is 0 Å². The van der Waals surface area contributed by atoms with Gasteiger partial charge in [-0.1, -0.05) is 23.2 Å². The third kappa shape index (κ3) is 4.15. The summed E-state index contributed by atoms with van der Waals surface area (Å²) in [5.74, 6) is -0.292. The maximum Gasteiger partial charge on any atom is 0.137 e. The van der Waals surface area contributed by atoms with Crippen molar-refractivity contribution in [2.75, 3.05) is 0 Å². The predicted octanol–water partition coefficient (Wildman–Crippen LogP) is 3.95.